The molecule has 13 aromatic rings. The van der Waals surface area contributed by atoms with E-state index in [-0.39, 0.29) is 0 Å². The number of H-pyrrole nitrogens is 2. The molecule has 0 radical (unpaired) electrons. The normalized spacial score (nSPS) is 12.4. The molecule has 8 bridgehead atoms. The Morgan fingerprint density at radius 1 is 0.188 bits per heavy atom. The van der Waals surface area contributed by atoms with E-state index in [0.717, 1.165) is 111 Å². The molecule has 0 fully saturated rings. The van der Waals surface area contributed by atoms with Gasteiger partial charge in [0.2, 0.25) is 0 Å². The lowest BCUT2D eigenvalue weighted by molar-refractivity contribution is 1.10. The molecule has 5 heterocycles. The molecule has 2 aliphatic heterocycles. The molecule has 10 aromatic carbocycles. The molecule has 0 amide bonds. The zero-order valence-corrected chi connectivity index (χ0v) is 43.1. The predicted molar refractivity (Wildman–Crippen MR) is 325 cm³/mol. The SMILES string of the molecule is c1ccc(C2=C(c3ccccc3)c3nc2nc2[nH]c(nc4nc(nc5[nH]c(n3)c3c(-c6ccccc6)c6ccccc6c(-c6ccccc6)c53)C(c3ccccc3)=C4c3ccccc3)c(-c3ccccc3)c2-c2ccccc2)cc1. The molecule has 0 saturated heterocycles. The van der Waals surface area contributed by atoms with E-state index in [1.165, 1.54) is 0 Å². The topological polar surface area (TPSA) is 109 Å². The monoisotopic (exact) mass is 1020 g/mol. The molecule has 8 heteroatoms. The lowest BCUT2D eigenvalue weighted by atomic mass is 9.87. The Morgan fingerprint density at radius 2 is 0.400 bits per heavy atom. The van der Waals surface area contributed by atoms with Crippen molar-refractivity contribution in [2.75, 3.05) is 0 Å². The van der Waals surface area contributed by atoms with Crippen LogP contribution in [0.5, 0.6) is 0 Å². The van der Waals surface area contributed by atoms with Crippen LogP contribution in [0, 0.1) is 0 Å². The number of hydrogen-bond acceptors (Lipinski definition) is 6. The number of hydrogen-bond donors (Lipinski definition) is 2. The third-order valence-electron chi connectivity index (χ3n) is 15.1. The minimum Gasteiger partial charge on any atom is -0.324 e. The van der Waals surface area contributed by atoms with Crippen LogP contribution in [0.15, 0.2) is 267 Å². The van der Waals surface area contributed by atoms with E-state index in [4.69, 9.17) is 29.9 Å². The number of aromatic amines is 2. The van der Waals surface area contributed by atoms with Crippen molar-refractivity contribution < 1.29 is 0 Å². The Balaban J connectivity index is 1.23. The van der Waals surface area contributed by atoms with Crippen molar-refractivity contribution in [2.24, 2.45) is 0 Å². The summed E-state index contributed by atoms with van der Waals surface area (Å²) in [5.74, 6) is 1.98. The maximum Gasteiger partial charge on any atom is 0.165 e. The molecular formula is C72H46N8. The average Bonchev–Trinajstić information content (AvgIpc) is 4.37. The zero-order chi connectivity index (χ0) is 52.9. The summed E-state index contributed by atoms with van der Waals surface area (Å²) in [4.78, 5) is 42.1. The Labute approximate surface area is 461 Å². The molecule has 0 aliphatic carbocycles. The van der Waals surface area contributed by atoms with Gasteiger partial charge < -0.3 is 9.97 Å². The molecular weight excluding hydrogens is 977 g/mol. The fourth-order valence-corrected chi connectivity index (χ4v) is 11.7. The van der Waals surface area contributed by atoms with Gasteiger partial charge in [0.25, 0.3) is 0 Å². The number of nitrogens with zero attached hydrogens (tertiary/aromatic N) is 6. The first-order valence-corrected chi connectivity index (χ1v) is 26.8. The summed E-state index contributed by atoms with van der Waals surface area (Å²) in [6, 6.07) is 92.4. The minimum atomic E-state index is 0.495. The smallest absolute Gasteiger partial charge is 0.165 e. The highest BCUT2D eigenvalue weighted by molar-refractivity contribution is 6.29. The second-order valence-electron chi connectivity index (χ2n) is 19.8. The summed E-state index contributed by atoms with van der Waals surface area (Å²) in [5.41, 5.74) is 17.3. The van der Waals surface area contributed by atoms with E-state index >= 15 is 0 Å². The zero-order valence-electron chi connectivity index (χ0n) is 43.1. The third kappa shape index (κ3) is 7.93. The van der Waals surface area contributed by atoms with Crippen LogP contribution >= 0.6 is 0 Å². The first-order chi connectivity index (χ1) is 39.7. The number of aromatic nitrogens is 8. The molecule has 3 aromatic heterocycles. The Kier molecular flexibility index (Phi) is 11.3. The summed E-state index contributed by atoms with van der Waals surface area (Å²) >= 11 is 0. The summed E-state index contributed by atoms with van der Waals surface area (Å²) < 4.78 is 0. The van der Waals surface area contributed by atoms with Gasteiger partial charge in [-0.05, 0) is 55.3 Å². The van der Waals surface area contributed by atoms with Crippen LogP contribution in [0.1, 0.15) is 45.6 Å². The van der Waals surface area contributed by atoms with E-state index in [0.29, 0.717) is 45.9 Å². The van der Waals surface area contributed by atoms with Gasteiger partial charge in [0, 0.05) is 55.3 Å². The van der Waals surface area contributed by atoms with Crippen molar-refractivity contribution in [1.82, 2.24) is 39.9 Å². The van der Waals surface area contributed by atoms with Crippen molar-refractivity contribution >= 4 is 66.4 Å². The average molecular weight is 1020 g/mol. The molecule has 80 heavy (non-hydrogen) atoms. The van der Waals surface area contributed by atoms with Crippen molar-refractivity contribution in [2.45, 2.75) is 0 Å². The predicted octanol–water partition coefficient (Wildman–Crippen LogP) is 16.9. The molecule has 0 unspecified atom stereocenters. The van der Waals surface area contributed by atoms with E-state index < -0.39 is 0 Å². The summed E-state index contributed by atoms with van der Waals surface area (Å²) in [7, 11) is 0. The van der Waals surface area contributed by atoms with Crippen LogP contribution in [-0.4, -0.2) is 39.9 Å². The van der Waals surface area contributed by atoms with Crippen LogP contribution in [-0.2, 0) is 0 Å². The first kappa shape index (κ1) is 46.4. The molecule has 2 aliphatic rings. The van der Waals surface area contributed by atoms with Gasteiger partial charge in [-0.1, -0.05) is 267 Å². The lowest BCUT2D eigenvalue weighted by Gasteiger charge is -2.15. The summed E-state index contributed by atoms with van der Waals surface area (Å²) in [6.45, 7) is 0. The number of nitrogens with one attached hydrogen (secondary N) is 2. The highest BCUT2D eigenvalue weighted by Gasteiger charge is 2.31. The van der Waals surface area contributed by atoms with Crippen molar-refractivity contribution in [3.63, 3.8) is 0 Å². The van der Waals surface area contributed by atoms with Crippen molar-refractivity contribution in [3.8, 4) is 44.5 Å². The standard InChI is InChI=1S/C72H46N8/c1-9-27-45(28-10-1)55-53-43-25-26-44-54(53)56(46-29-11-2-12-30-46)64-63(55)71-78-69-61(51-39-21-7-22-40-51)59(49-35-17-5-18-36-49)67(76-69)74-65-57(47-31-13-3-14-32-47)58(48-33-15-4-16-34-48)66(73-65)75-68-60(50-37-19-6-20-38-50)62(52-41-23-8-24-42-52)70(77-68)79-72(64)80-71/h1-44H,(H2,73,74,75,76,77,78,79,80). The maximum atomic E-state index is 5.84. The van der Waals surface area contributed by atoms with Crippen LogP contribution in [0.3, 0.4) is 0 Å². The van der Waals surface area contributed by atoms with Gasteiger partial charge in [-0.25, -0.2) is 29.9 Å². The highest BCUT2D eigenvalue weighted by atomic mass is 15.1. The molecule has 0 atom stereocenters. The second-order valence-corrected chi connectivity index (χ2v) is 19.8. The second kappa shape index (κ2) is 19.6. The van der Waals surface area contributed by atoms with E-state index in [1.54, 1.807) is 0 Å². The third-order valence-corrected chi connectivity index (χ3v) is 15.1. The fraction of sp³-hybridized carbons (Fsp3) is 0. The van der Waals surface area contributed by atoms with E-state index in [1.807, 2.05) is 36.4 Å². The number of benzene rings is 10. The van der Waals surface area contributed by atoms with Crippen LogP contribution in [0.25, 0.3) is 111 Å². The maximum absolute atomic E-state index is 5.84. The number of rotatable bonds is 8. The van der Waals surface area contributed by atoms with E-state index in [9.17, 15) is 0 Å². The first-order valence-electron chi connectivity index (χ1n) is 26.8. The van der Waals surface area contributed by atoms with Gasteiger partial charge >= 0.3 is 0 Å². The number of fused-ring (bicyclic) bond motifs is 12. The van der Waals surface area contributed by atoms with E-state index in [2.05, 4.69) is 240 Å². The molecule has 374 valence electrons. The van der Waals surface area contributed by atoms with Gasteiger partial charge in [-0.15, -0.1) is 0 Å². The van der Waals surface area contributed by atoms with Gasteiger partial charge in [0.05, 0.1) is 0 Å². The Hall–Kier alpha value is -11.0. The lowest BCUT2D eigenvalue weighted by Crippen LogP contribution is -1.94. The van der Waals surface area contributed by atoms with Crippen molar-refractivity contribution in [3.05, 3.63) is 312 Å². The molecule has 8 nitrogen and oxygen atoms in total. The highest BCUT2D eigenvalue weighted by Crippen LogP contribution is 2.48. The van der Waals surface area contributed by atoms with Gasteiger partial charge in [-0.2, -0.15) is 0 Å². The Morgan fingerprint density at radius 3 is 0.675 bits per heavy atom. The molecule has 0 saturated carbocycles. The summed E-state index contributed by atoms with van der Waals surface area (Å²) in [5, 5.41) is 3.94. The molecule has 15 rings (SSSR count). The largest absolute Gasteiger partial charge is 0.324 e. The Bertz CT molecular complexity index is 4450. The molecule has 2 N–H and O–H groups in total. The van der Waals surface area contributed by atoms with Crippen LogP contribution in [0.4, 0.5) is 0 Å². The van der Waals surface area contributed by atoms with Gasteiger partial charge in [-0.3, -0.25) is 0 Å². The van der Waals surface area contributed by atoms with Gasteiger partial charge in [0.15, 0.2) is 23.3 Å². The fourth-order valence-electron chi connectivity index (χ4n) is 11.7. The van der Waals surface area contributed by atoms with Crippen LogP contribution in [0.2, 0.25) is 0 Å². The van der Waals surface area contributed by atoms with Crippen molar-refractivity contribution in [1.29, 1.82) is 0 Å². The van der Waals surface area contributed by atoms with Crippen LogP contribution < -0.4 is 0 Å². The quantitative estimate of drug-likeness (QED) is 0.157. The van der Waals surface area contributed by atoms with Gasteiger partial charge in [0.1, 0.15) is 22.6 Å². The molecule has 0 spiro atoms. The minimum absolute atomic E-state index is 0.495. The summed E-state index contributed by atoms with van der Waals surface area (Å²) in [6.07, 6.45) is 0.